The van der Waals surface area contributed by atoms with Crippen LogP contribution < -0.4 is 5.32 Å². The zero-order valence-corrected chi connectivity index (χ0v) is 12.8. The number of rotatable bonds is 4. The molecule has 0 fully saturated rings. The van der Waals surface area contributed by atoms with Crippen molar-refractivity contribution in [2.45, 2.75) is 20.3 Å². The molecule has 3 nitrogen and oxygen atoms in total. The second kappa shape index (κ2) is 5.77. The third-order valence-corrected chi connectivity index (χ3v) is 4.17. The van der Waals surface area contributed by atoms with Crippen LogP contribution in [0.4, 0.5) is 10.2 Å². The minimum Gasteiger partial charge on any atom is -0.369 e. The van der Waals surface area contributed by atoms with Crippen molar-refractivity contribution in [2.24, 2.45) is 0 Å². The number of aromatic nitrogens is 2. The minimum atomic E-state index is -0.193. The van der Waals surface area contributed by atoms with Crippen LogP contribution in [0.1, 0.15) is 16.3 Å². The van der Waals surface area contributed by atoms with Crippen LogP contribution in [-0.4, -0.2) is 16.5 Å². The number of thiophene rings is 1. The Morgan fingerprint density at radius 2 is 2.05 bits per heavy atom. The Labute approximate surface area is 126 Å². The summed E-state index contributed by atoms with van der Waals surface area (Å²) >= 11 is 1.67. The van der Waals surface area contributed by atoms with Crippen molar-refractivity contribution in [3.63, 3.8) is 0 Å². The monoisotopic (exact) mass is 301 g/mol. The van der Waals surface area contributed by atoms with Crippen molar-refractivity contribution in [3.8, 4) is 0 Å². The molecule has 3 aromatic rings. The van der Waals surface area contributed by atoms with E-state index in [2.05, 4.69) is 28.3 Å². The van der Waals surface area contributed by atoms with Crippen LogP contribution in [0, 0.1) is 19.7 Å². The molecule has 0 radical (unpaired) electrons. The third kappa shape index (κ3) is 3.19. The summed E-state index contributed by atoms with van der Waals surface area (Å²) in [6.45, 7) is 4.67. The maximum absolute atomic E-state index is 13.1. The number of fused-ring (bicyclic) bond motifs is 1. The minimum absolute atomic E-state index is 0.193. The zero-order chi connectivity index (χ0) is 14.8. The number of hydrogen-bond acceptors (Lipinski definition) is 4. The summed E-state index contributed by atoms with van der Waals surface area (Å²) in [6.07, 6.45) is 0.755. The van der Waals surface area contributed by atoms with Crippen molar-refractivity contribution in [2.75, 3.05) is 11.9 Å². The lowest BCUT2D eigenvalue weighted by atomic mass is 10.1. The van der Waals surface area contributed by atoms with E-state index in [1.54, 1.807) is 23.5 Å². The molecule has 0 aliphatic heterocycles. The number of benzene rings is 1. The number of nitrogens with one attached hydrogen (secondary N) is 1. The second-order valence-corrected chi connectivity index (χ2v) is 6.24. The van der Waals surface area contributed by atoms with Crippen molar-refractivity contribution < 1.29 is 4.39 Å². The Morgan fingerprint density at radius 3 is 2.86 bits per heavy atom. The molecule has 0 saturated heterocycles. The Bertz CT molecular complexity index is 782. The van der Waals surface area contributed by atoms with Gasteiger partial charge in [0, 0.05) is 11.4 Å². The van der Waals surface area contributed by atoms with Crippen LogP contribution in [0.5, 0.6) is 0 Å². The SMILES string of the molecule is Cc1nc(NCCc2cccc(F)c2)c2cc(C)sc2n1. The maximum Gasteiger partial charge on any atom is 0.138 e. The summed E-state index contributed by atoms with van der Waals surface area (Å²) in [5, 5.41) is 4.40. The van der Waals surface area contributed by atoms with Crippen molar-refractivity contribution in [1.82, 2.24) is 9.97 Å². The van der Waals surface area contributed by atoms with Crippen molar-refractivity contribution in [3.05, 3.63) is 52.4 Å². The van der Waals surface area contributed by atoms with Crippen LogP contribution in [-0.2, 0) is 6.42 Å². The highest BCUT2D eigenvalue weighted by molar-refractivity contribution is 7.18. The van der Waals surface area contributed by atoms with E-state index in [0.717, 1.165) is 33.8 Å². The van der Waals surface area contributed by atoms with E-state index in [-0.39, 0.29) is 5.82 Å². The van der Waals surface area contributed by atoms with Gasteiger partial charge in [0.25, 0.3) is 0 Å². The van der Waals surface area contributed by atoms with Gasteiger partial charge in [0.05, 0.1) is 5.39 Å². The first kappa shape index (κ1) is 13.9. The molecule has 0 atom stereocenters. The number of halogens is 1. The lowest BCUT2D eigenvalue weighted by Gasteiger charge is -2.07. The van der Waals surface area contributed by atoms with E-state index < -0.39 is 0 Å². The number of nitrogens with zero attached hydrogens (tertiary/aromatic N) is 2. The van der Waals surface area contributed by atoms with E-state index in [1.165, 1.54) is 10.9 Å². The van der Waals surface area contributed by atoms with Gasteiger partial charge in [-0.1, -0.05) is 12.1 Å². The quantitative estimate of drug-likeness (QED) is 0.788. The first-order chi connectivity index (χ1) is 10.1. The smallest absolute Gasteiger partial charge is 0.138 e. The third-order valence-electron chi connectivity index (χ3n) is 3.22. The van der Waals surface area contributed by atoms with E-state index >= 15 is 0 Å². The topological polar surface area (TPSA) is 37.8 Å². The van der Waals surface area contributed by atoms with Crippen LogP contribution in [0.25, 0.3) is 10.2 Å². The molecule has 0 bridgehead atoms. The van der Waals surface area contributed by atoms with Gasteiger partial charge in [0.2, 0.25) is 0 Å². The molecule has 3 rings (SSSR count). The lowest BCUT2D eigenvalue weighted by molar-refractivity contribution is 0.625. The van der Waals surface area contributed by atoms with E-state index in [9.17, 15) is 4.39 Å². The highest BCUT2D eigenvalue weighted by Crippen LogP contribution is 2.28. The normalized spacial score (nSPS) is 11.0. The summed E-state index contributed by atoms with van der Waals surface area (Å²) in [4.78, 5) is 11.2. The van der Waals surface area contributed by atoms with Gasteiger partial charge in [-0.2, -0.15) is 0 Å². The first-order valence-corrected chi connectivity index (χ1v) is 7.66. The first-order valence-electron chi connectivity index (χ1n) is 6.85. The summed E-state index contributed by atoms with van der Waals surface area (Å²) in [6, 6.07) is 8.80. The molecule has 21 heavy (non-hydrogen) atoms. The Kier molecular flexibility index (Phi) is 3.84. The van der Waals surface area contributed by atoms with Gasteiger partial charge >= 0.3 is 0 Å². The van der Waals surface area contributed by atoms with Crippen LogP contribution in [0.15, 0.2) is 30.3 Å². The van der Waals surface area contributed by atoms with E-state index in [4.69, 9.17) is 0 Å². The number of anilines is 1. The molecular weight excluding hydrogens is 285 g/mol. The summed E-state index contributed by atoms with van der Waals surface area (Å²) < 4.78 is 13.1. The standard InChI is InChI=1S/C16H16FN3S/c1-10-8-14-15(19-11(2)20-16(14)21-10)18-7-6-12-4-3-5-13(17)9-12/h3-5,8-9H,6-7H2,1-2H3,(H,18,19,20). The molecule has 2 aromatic heterocycles. The fourth-order valence-corrected chi connectivity index (χ4v) is 3.23. The molecule has 1 aromatic carbocycles. The summed E-state index contributed by atoms with van der Waals surface area (Å²) in [5.74, 6) is 1.43. The Morgan fingerprint density at radius 1 is 1.19 bits per heavy atom. The maximum atomic E-state index is 13.1. The predicted octanol–water partition coefficient (Wildman–Crippen LogP) is 4.10. The van der Waals surface area contributed by atoms with E-state index in [0.29, 0.717) is 6.54 Å². The largest absolute Gasteiger partial charge is 0.369 e. The van der Waals surface area contributed by atoms with E-state index in [1.807, 2.05) is 13.0 Å². The van der Waals surface area contributed by atoms with Crippen LogP contribution >= 0.6 is 11.3 Å². The van der Waals surface area contributed by atoms with Crippen molar-refractivity contribution in [1.29, 1.82) is 0 Å². The zero-order valence-electron chi connectivity index (χ0n) is 12.0. The summed E-state index contributed by atoms with van der Waals surface area (Å²) in [5.41, 5.74) is 0.978. The van der Waals surface area contributed by atoms with Gasteiger partial charge in [0.1, 0.15) is 22.3 Å². The molecule has 5 heteroatoms. The fourth-order valence-electron chi connectivity index (χ4n) is 2.30. The number of aryl methyl sites for hydroxylation is 2. The molecule has 2 heterocycles. The Hall–Kier alpha value is -2.01. The highest BCUT2D eigenvalue weighted by atomic mass is 32.1. The van der Waals surface area contributed by atoms with Gasteiger partial charge in [-0.3, -0.25) is 0 Å². The van der Waals surface area contributed by atoms with Gasteiger partial charge in [-0.25, -0.2) is 14.4 Å². The van der Waals surface area contributed by atoms with Gasteiger partial charge in [-0.05, 0) is 44.0 Å². The average molecular weight is 301 g/mol. The molecular formula is C16H16FN3S. The summed E-state index contributed by atoms with van der Waals surface area (Å²) in [7, 11) is 0. The number of hydrogen-bond donors (Lipinski definition) is 1. The fraction of sp³-hybridized carbons (Fsp3) is 0.250. The average Bonchev–Trinajstić information content (AvgIpc) is 2.79. The molecule has 108 valence electrons. The molecule has 0 unspecified atom stereocenters. The van der Waals surface area contributed by atoms with Crippen LogP contribution in [0.2, 0.25) is 0 Å². The molecule has 0 spiro atoms. The predicted molar refractivity (Wildman–Crippen MR) is 85.5 cm³/mol. The Balaban J connectivity index is 1.76. The second-order valence-electron chi connectivity index (χ2n) is 5.00. The van der Waals surface area contributed by atoms with Gasteiger partial charge < -0.3 is 5.32 Å². The molecule has 0 aliphatic carbocycles. The van der Waals surface area contributed by atoms with Gasteiger partial charge in [-0.15, -0.1) is 11.3 Å². The lowest BCUT2D eigenvalue weighted by Crippen LogP contribution is -2.07. The molecule has 0 saturated carbocycles. The highest BCUT2D eigenvalue weighted by Gasteiger charge is 2.08. The van der Waals surface area contributed by atoms with Gasteiger partial charge in [0.15, 0.2) is 0 Å². The van der Waals surface area contributed by atoms with Crippen LogP contribution in [0.3, 0.4) is 0 Å². The molecule has 0 amide bonds. The molecule has 1 N–H and O–H groups in total. The molecule has 0 aliphatic rings. The van der Waals surface area contributed by atoms with Crippen molar-refractivity contribution >= 4 is 27.4 Å².